The molecule has 14 heavy (non-hydrogen) atoms. The van der Waals surface area contributed by atoms with Crippen LogP contribution < -0.4 is 0 Å². The molecule has 2 atom stereocenters. The fourth-order valence-corrected chi connectivity index (χ4v) is 0.600. The second kappa shape index (κ2) is 6.11. The van der Waals surface area contributed by atoms with Gasteiger partial charge in [-0.1, -0.05) is 0 Å². The summed E-state index contributed by atoms with van der Waals surface area (Å²) in [5.74, 6) is -1.02. The van der Waals surface area contributed by atoms with Crippen molar-refractivity contribution in [3.63, 3.8) is 0 Å². The van der Waals surface area contributed by atoms with Gasteiger partial charge in [0.1, 0.15) is 24.6 Å². The molecule has 0 spiro atoms. The molecule has 0 bridgehead atoms. The Labute approximate surface area is 80.4 Å². The van der Waals surface area contributed by atoms with Crippen LogP contribution >= 0.6 is 0 Å². The Hall–Kier alpha value is -1.40. The predicted octanol–water partition coefficient (Wildman–Crippen LogP) is -1.09. The summed E-state index contributed by atoms with van der Waals surface area (Å²) in [6.07, 6.45) is -2.17. The van der Waals surface area contributed by atoms with Gasteiger partial charge in [0.25, 0.3) is 0 Å². The smallest absolute Gasteiger partial charge is 0.303 e. The zero-order chi connectivity index (χ0) is 11.1. The van der Waals surface area contributed by atoms with E-state index in [1.807, 2.05) is 0 Å². The molecule has 6 nitrogen and oxygen atoms in total. The van der Waals surface area contributed by atoms with Crippen molar-refractivity contribution in [3.05, 3.63) is 11.8 Å². The Balaban J connectivity index is 4.08. The minimum absolute atomic E-state index is 0.125. The first-order valence-electron chi connectivity index (χ1n) is 3.81. The predicted molar refractivity (Wildman–Crippen MR) is 45.4 cm³/mol. The maximum atomic E-state index is 10.3. The molecule has 0 aliphatic carbocycles. The third kappa shape index (κ3) is 5.28. The van der Waals surface area contributed by atoms with Gasteiger partial charge in [-0.15, -0.1) is 0 Å². The van der Waals surface area contributed by atoms with Crippen molar-refractivity contribution in [2.75, 3.05) is 6.61 Å². The molecule has 2 unspecified atom stereocenters. The standard InChI is InChI=1S/C8H12O6/c1-5(10)14-4-6(11)2-7(12)8(13)3-9/h2-3,7-8,11-13H,4H2,1H3/b6-2-. The van der Waals surface area contributed by atoms with E-state index in [0.717, 1.165) is 13.0 Å². The summed E-state index contributed by atoms with van der Waals surface area (Å²) in [5, 5.41) is 26.8. The van der Waals surface area contributed by atoms with E-state index in [2.05, 4.69) is 4.74 Å². The molecule has 0 amide bonds. The molecule has 0 saturated carbocycles. The SMILES string of the molecule is CC(=O)OC/C(O)=C/C(O)C(O)C=O. The number of aliphatic hydroxyl groups is 3. The van der Waals surface area contributed by atoms with Crippen molar-refractivity contribution in [1.82, 2.24) is 0 Å². The van der Waals surface area contributed by atoms with Gasteiger partial charge in [0.2, 0.25) is 0 Å². The first kappa shape index (κ1) is 12.6. The second-order valence-corrected chi connectivity index (χ2v) is 2.56. The highest BCUT2D eigenvalue weighted by Gasteiger charge is 2.13. The molecule has 0 aromatic rings. The van der Waals surface area contributed by atoms with Crippen molar-refractivity contribution in [2.45, 2.75) is 19.1 Å². The van der Waals surface area contributed by atoms with Crippen LogP contribution in [0.25, 0.3) is 0 Å². The third-order valence-electron chi connectivity index (χ3n) is 1.28. The Morgan fingerprint density at radius 2 is 2.00 bits per heavy atom. The number of ether oxygens (including phenoxy) is 1. The van der Waals surface area contributed by atoms with E-state index in [1.165, 1.54) is 0 Å². The Morgan fingerprint density at radius 3 is 2.43 bits per heavy atom. The zero-order valence-electron chi connectivity index (χ0n) is 7.58. The van der Waals surface area contributed by atoms with Gasteiger partial charge in [0.05, 0.1) is 0 Å². The van der Waals surface area contributed by atoms with Crippen LogP contribution in [0.5, 0.6) is 0 Å². The van der Waals surface area contributed by atoms with Crippen LogP contribution in [0.2, 0.25) is 0 Å². The minimum Gasteiger partial charge on any atom is -0.509 e. The van der Waals surface area contributed by atoms with Crippen molar-refractivity contribution in [3.8, 4) is 0 Å². The van der Waals surface area contributed by atoms with Crippen molar-refractivity contribution in [1.29, 1.82) is 0 Å². The fourth-order valence-electron chi connectivity index (χ4n) is 0.600. The maximum absolute atomic E-state index is 10.3. The summed E-state index contributed by atoms with van der Waals surface area (Å²) in [6, 6.07) is 0. The largest absolute Gasteiger partial charge is 0.509 e. The molecule has 0 rings (SSSR count). The summed E-state index contributed by atoms with van der Waals surface area (Å²) < 4.78 is 4.38. The number of carbonyl (C=O) groups excluding carboxylic acids is 2. The van der Waals surface area contributed by atoms with Crippen LogP contribution in [0.4, 0.5) is 0 Å². The summed E-state index contributed by atoms with van der Waals surface area (Å²) >= 11 is 0. The average molecular weight is 204 g/mol. The first-order chi connectivity index (χ1) is 6.47. The van der Waals surface area contributed by atoms with E-state index in [-0.39, 0.29) is 6.29 Å². The molecule has 0 radical (unpaired) electrons. The van der Waals surface area contributed by atoms with E-state index in [1.54, 1.807) is 0 Å². The fraction of sp³-hybridized carbons (Fsp3) is 0.500. The summed E-state index contributed by atoms with van der Waals surface area (Å²) in [4.78, 5) is 20.3. The molecule has 0 aromatic heterocycles. The number of carbonyl (C=O) groups is 2. The molecule has 0 aliphatic heterocycles. The molecule has 0 saturated heterocycles. The van der Waals surface area contributed by atoms with Gasteiger partial charge < -0.3 is 24.9 Å². The lowest BCUT2D eigenvalue weighted by Crippen LogP contribution is -2.25. The first-order valence-corrected chi connectivity index (χ1v) is 3.81. The normalized spacial score (nSPS) is 15.8. The van der Waals surface area contributed by atoms with Crippen LogP contribution in [-0.4, -0.2) is 46.4 Å². The number of hydrogen-bond acceptors (Lipinski definition) is 6. The highest BCUT2D eigenvalue weighted by atomic mass is 16.5. The van der Waals surface area contributed by atoms with Gasteiger partial charge in [-0.3, -0.25) is 4.79 Å². The lowest BCUT2D eigenvalue weighted by atomic mass is 10.2. The number of aldehydes is 1. The van der Waals surface area contributed by atoms with Crippen molar-refractivity contribution in [2.24, 2.45) is 0 Å². The lowest BCUT2D eigenvalue weighted by molar-refractivity contribution is -0.140. The molecule has 0 aromatic carbocycles. The van der Waals surface area contributed by atoms with E-state index < -0.39 is 30.5 Å². The third-order valence-corrected chi connectivity index (χ3v) is 1.28. The Morgan fingerprint density at radius 1 is 1.43 bits per heavy atom. The van der Waals surface area contributed by atoms with Gasteiger partial charge in [-0.25, -0.2) is 0 Å². The molecule has 0 aliphatic rings. The molecule has 0 fully saturated rings. The van der Waals surface area contributed by atoms with Crippen LogP contribution in [0.15, 0.2) is 11.8 Å². The van der Waals surface area contributed by atoms with Gasteiger partial charge >= 0.3 is 5.97 Å². The van der Waals surface area contributed by atoms with Crippen LogP contribution in [0, 0.1) is 0 Å². The number of rotatable bonds is 5. The van der Waals surface area contributed by atoms with E-state index >= 15 is 0 Å². The molecule has 0 heterocycles. The van der Waals surface area contributed by atoms with Crippen molar-refractivity contribution < 1.29 is 29.6 Å². The maximum Gasteiger partial charge on any atom is 0.303 e. The molecule has 6 heteroatoms. The molecule has 80 valence electrons. The monoisotopic (exact) mass is 204 g/mol. The molecular weight excluding hydrogens is 192 g/mol. The molecular formula is C8H12O6. The summed E-state index contributed by atoms with van der Waals surface area (Å²) in [6.45, 7) is 0.752. The second-order valence-electron chi connectivity index (χ2n) is 2.56. The average Bonchev–Trinajstić information content (AvgIpc) is 2.13. The van der Waals surface area contributed by atoms with Gasteiger partial charge in [-0.2, -0.15) is 0 Å². The quantitative estimate of drug-likeness (QED) is 0.298. The van der Waals surface area contributed by atoms with Crippen LogP contribution in [-0.2, 0) is 14.3 Å². The summed E-state index contributed by atoms with van der Waals surface area (Å²) in [5.41, 5.74) is 0. The minimum atomic E-state index is -1.60. The molecule has 3 N–H and O–H groups in total. The van der Waals surface area contributed by atoms with Gasteiger partial charge in [-0.05, 0) is 6.08 Å². The van der Waals surface area contributed by atoms with Gasteiger partial charge in [0.15, 0.2) is 6.29 Å². The number of esters is 1. The zero-order valence-corrected chi connectivity index (χ0v) is 7.58. The van der Waals surface area contributed by atoms with E-state index in [9.17, 15) is 9.59 Å². The topological polar surface area (TPSA) is 104 Å². The highest BCUT2D eigenvalue weighted by Crippen LogP contribution is 1.98. The Bertz CT molecular complexity index is 234. The van der Waals surface area contributed by atoms with Crippen molar-refractivity contribution >= 4 is 12.3 Å². The Kier molecular flexibility index (Phi) is 5.50. The van der Waals surface area contributed by atoms with E-state index in [4.69, 9.17) is 15.3 Å². The number of hydrogen-bond donors (Lipinski definition) is 3. The van der Waals surface area contributed by atoms with E-state index in [0.29, 0.717) is 0 Å². The summed E-state index contributed by atoms with van der Waals surface area (Å²) in [7, 11) is 0. The van der Waals surface area contributed by atoms with Crippen LogP contribution in [0.3, 0.4) is 0 Å². The highest BCUT2D eigenvalue weighted by molar-refractivity contribution is 5.66. The lowest BCUT2D eigenvalue weighted by Gasteiger charge is -2.08. The number of aliphatic hydroxyl groups excluding tert-OH is 3. The van der Waals surface area contributed by atoms with Gasteiger partial charge in [0, 0.05) is 6.92 Å². The van der Waals surface area contributed by atoms with Crippen LogP contribution in [0.1, 0.15) is 6.92 Å².